The van der Waals surface area contributed by atoms with Gasteiger partial charge in [0.25, 0.3) is 0 Å². The Hall–Kier alpha value is -1.66. The minimum absolute atomic E-state index is 0.0689. The number of nitrogens with zero attached hydrogens (tertiary/aromatic N) is 1. The summed E-state index contributed by atoms with van der Waals surface area (Å²) < 4.78 is 23.8. The van der Waals surface area contributed by atoms with Gasteiger partial charge in [-0.15, -0.1) is 0 Å². The van der Waals surface area contributed by atoms with Crippen LogP contribution in [0.1, 0.15) is 18.5 Å². The molecule has 1 amide bonds. The number of ether oxygens (including phenoxy) is 2. The summed E-state index contributed by atoms with van der Waals surface area (Å²) in [6, 6.07) is 4.45. The van der Waals surface area contributed by atoms with E-state index in [9.17, 15) is 9.18 Å². The highest BCUT2D eigenvalue weighted by atomic mass is 19.1. The van der Waals surface area contributed by atoms with Gasteiger partial charge < -0.3 is 14.8 Å². The maximum atomic E-state index is 13.7. The lowest BCUT2D eigenvalue weighted by Crippen LogP contribution is -2.43. The summed E-state index contributed by atoms with van der Waals surface area (Å²) in [5.74, 6) is -0.296. The van der Waals surface area contributed by atoms with E-state index < -0.39 is 5.82 Å². The van der Waals surface area contributed by atoms with Crippen LogP contribution in [0.5, 0.6) is 5.75 Å². The fraction of sp³-hybridized carbons (Fsp3) is 0.533. The predicted molar refractivity (Wildman–Crippen MR) is 76.8 cm³/mol. The number of carbonyl (C=O) groups is 1. The number of rotatable bonds is 5. The molecule has 0 aromatic heterocycles. The molecule has 21 heavy (non-hydrogen) atoms. The van der Waals surface area contributed by atoms with Gasteiger partial charge in [-0.3, -0.25) is 9.69 Å². The molecule has 1 fully saturated rings. The summed E-state index contributed by atoms with van der Waals surface area (Å²) in [5, 5.41) is 2.88. The van der Waals surface area contributed by atoms with Crippen LogP contribution in [-0.4, -0.2) is 50.8 Å². The third kappa shape index (κ3) is 4.41. The molecule has 5 nitrogen and oxygen atoms in total. The van der Waals surface area contributed by atoms with Crippen LogP contribution in [0.15, 0.2) is 18.2 Å². The second-order valence-electron chi connectivity index (χ2n) is 5.07. The predicted octanol–water partition coefficient (Wildman–Crippen LogP) is 1.34. The Morgan fingerprint density at radius 2 is 2.19 bits per heavy atom. The molecule has 1 heterocycles. The van der Waals surface area contributed by atoms with Crippen molar-refractivity contribution in [2.75, 3.05) is 40.0 Å². The van der Waals surface area contributed by atoms with Crippen molar-refractivity contribution in [2.45, 2.75) is 13.0 Å². The lowest BCUT2D eigenvalue weighted by atomic mass is 10.1. The summed E-state index contributed by atoms with van der Waals surface area (Å²) in [5.41, 5.74) is 0.712. The molecule has 0 spiro atoms. The molecule has 1 saturated heterocycles. The number of hydrogen-bond donors (Lipinski definition) is 1. The highest BCUT2D eigenvalue weighted by Gasteiger charge is 2.16. The Balaban J connectivity index is 1.89. The maximum Gasteiger partial charge on any atom is 0.234 e. The van der Waals surface area contributed by atoms with Gasteiger partial charge in [-0.2, -0.15) is 0 Å². The van der Waals surface area contributed by atoms with Crippen LogP contribution < -0.4 is 10.1 Å². The normalized spacial score (nSPS) is 17.3. The molecular formula is C15H21FN2O3. The van der Waals surface area contributed by atoms with Gasteiger partial charge in [-0.05, 0) is 24.6 Å². The zero-order chi connectivity index (χ0) is 15.2. The van der Waals surface area contributed by atoms with Crippen LogP contribution in [0.3, 0.4) is 0 Å². The summed E-state index contributed by atoms with van der Waals surface area (Å²) in [4.78, 5) is 14.0. The Bertz CT molecular complexity index is 490. The molecule has 0 saturated carbocycles. The number of methoxy groups -OCH3 is 1. The average molecular weight is 296 g/mol. The largest absolute Gasteiger partial charge is 0.494 e. The van der Waals surface area contributed by atoms with Gasteiger partial charge in [0.2, 0.25) is 5.91 Å². The van der Waals surface area contributed by atoms with Crippen LogP contribution in [0.2, 0.25) is 0 Å². The van der Waals surface area contributed by atoms with Gasteiger partial charge in [0.1, 0.15) is 0 Å². The van der Waals surface area contributed by atoms with Crippen molar-refractivity contribution in [2.24, 2.45) is 0 Å². The third-order valence-electron chi connectivity index (χ3n) is 3.52. The number of amides is 1. The zero-order valence-corrected chi connectivity index (χ0v) is 12.4. The van der Waals surface area contributed by atoms with E-state index in [1.54, 1.807) is 12.1 Å². The summed E-state index contributed by atoms with van der Waals surface area (Å²) in [7, 11) is 1.42. The van der Waals surface area contributed by atoms with E-state index in [4.69, 9.17) is 9.47 Å². The standard InChI is InChI=1S/C15H21FN2O3/c1-11(12-3-4-14(20-2)13(16)9-12)17-15(19)10-18-5-7-21-8-6-18/h3-4,9,11H,5-8,10H2,1-2H3,(H,17,19)/t11-/m0/s1. The second-order valence-corrected chi connectivity index (χ2v) is 5.07. The first-order valence-electron chi connectivity index (χ1n) is 7.03. The summed E-state index contributed by atoms with van der Waals surface area (Å²) in [6.07, 6.45) is 0. The van der Waals surface area contributed by atoms with Crippen molar-refractivity contribution in [3.8, 4) is 5.75 Å². The molecule has 1 atom stereocenters. The summed E-state index contributed by atoms with van der Waals surface area (Å²) in [6.45, 7) is 5.02. The Morgan fingerprint density at radius 3 is 2.81 bits per heavy atom. The van der Waals surface area contributed by atoms with Crippen LogP contribution >= 0.6 is 0 Å². The molecular weight excluding hydrogens is 275 g/mol. The molecule has 0 bridgehead atoms. The zero-order valence-electron chi connectivity index (χ0n) is 12.4. The number of morpholine rings is 1. The topological polar surface area (TPSA) is 50.8 Å². The van der Waals surface area contributed by atoms with Crippen LogP contribution in [0.25, 0.3) is 0 Å². The molecule has 1 aliphatic rings. The molecule has 116 valence electrons. The molecule has 2 rings (SSSR count). The van der Waals surface area contributed by atoms with Crippen LogP contribution in [0, 0.1) is 5.82 Å². The molecule has 1 aliphatic heterocycles. The first-order valence-corrected chi connectivity index (χ1v) is 7.03. The minimum atomic E-state index is -0.427. The molecule has 0 aliphatic carbocycles. The van der Waals surface area contributed by atoms with Crippen molar-refractivity contribution < 1.29 is 18.7 Å². The number of benzene rings is 1. The Labute approximate surface area is 124 Å². The molecule has 6 heteroatoms. The Kier molecular flexibility index (Phi) is 5.52. The minimum Gasteiger partial charge on any atom is -0.494 e. The molecule has 0 radical (unpaired) electrons. The Morgan fingerprint density at radius 1 is 1.48 bits per heavy atom. The fourth-order valence-electron chi connectivity index (χ4n) is 2.28. The van der Waals surface area contributed by atoms with Crippen molar-refractivity contribution in [3.05, 3.63) is 29.6 Å². The molecule has 0 unspecified atom stereocenters. The quantitative estimate of drug-likeness (QED) is 0.891. The van der Waals surface area contributed by atoms with Crippen LogP contribution in [-0.2, 0) is 9.53 Å². The van der Waals surface area contributed by atoms with E-state index in [0.29, 0.717) is 25.3 Å². The number of nitrogens with one attached hydrogen (secondary N) is 1. The highest BCUT2D eigenvalue weighted by Crippen LogP contribution is 2.21. The van der Waals surface area contributed by atoms with E-state index in [1.165, 1.54) is 13.2 Å². The number of halogens is 1. The van der Waals surface area contributed by atoms with Crippen molar-refractivity contribution in [1.29, 1.82) is 0 Å². The maximum absolute atomic E-state index is 13.7. The van der Waals surface area contributed by atoms with Gasteiger partial charge in [0.15, 0.2) is 11.6 Å². The lowest BCUT2D eigenvalue weighted by Gasteiger charge is -2.26. The van der Waals surface area contributed by atoms with E-state index in [0.717, 1.165) is 13.1 Å². The van der Waals surface area contributed by atoms with E-state index >= 15 is 0 Å². The van der Waals surface area contributed by atoms with Gasteiger partial charge >= 0.3 is 0 Å². The number of hydrogen-bond acceptors (Lipinski definition) is 4. The lowest BCUT2D eigenvalue weighted by molar-refractivity contribution is -0.123. The highest BCUT2D eigenvalue weighted by molar-refractivity contribution is 5.78. The molecule has 1 N–H and O–H groups in total. The third-order valence-corrected chi connectivity index (χ3v) is 3.52. The van der Waals surface area contributed by atoms with E-state index in [2.05, 4.69) is 5.32 Å². The molecule has 1 aromatic rings. The second kappa shape index (κ2) is 7.38. The summed E-state index contributed by atoms with van der Waals surface area (Å²) >= 11 is 0. The van der Waals surface area contributed by atoms with Gasteiger partial charge in [0.05, 0.1) is 32.9 Å². The van der Waals surface area contributed by atoms with Crippen molar-refractivity contribution in [3.63, 3.8) is 0 Å². The van der Waals surface area contributed by atoms with Gasteiger partial charge in [0, 0.05) is 13.1 Å². The van der Waals surface area contributed by atoms with Crippen molar-refractivity contribution in [1.82, 2.24) is 10.2 Å². The number of carbonyl (C=O) groups excluding carboxylic acids is 1. The van der Waals surface area contributed by atoms with Crippen molar-refractivity contribution >= 4 is 5.91 Å². The first-order chi connectivity index (χ1) is 10.1. The fourth-order valence-corrected chi connectivity index (χ4v) is 2.28. The first kappa shape index (κ1) is 15.7. The van der Waals surface area contributed by atoms with Crippen LogP contribution in [0.4, 0.5) is 4.39 Å². The SMILES string of the molecule is COc1ccc([C@H](C)NC(=O)CN2CCOCC2)cc1F. The average Bonchev–Trinajstić information content (AvgIpc) is 2.48. The monoisotopic (exact) mass is 296 g/mol. The van der Waals surface area contributed by atoms with E-state index in [-0.39, 0.29) is 17.7 Å². The molecule has 1 aromatic carbocycles. The van der Waals surface area contributed by atoms with Gasteiger partial charge in [-0.25, -0.2) is 4.39 Å². The van der Waals surface area contributed by atoms with E-state index in [1.807, 2.05) is 11.8 Å². The van der Waals surface area contributed by atoms with Gasteiger partial charge in [-0.1, -0.05) is 6.07 Å². The smallest absolute Gasteiger partial charge is 0.234 e.